The van der Waals surface area contributed by atoms with E-state index in [0.717, 1.165) is 16.5 Å². The Hall–Kier alpha value is -3.72. The third kappa shape index (κ3) is 3.71. The Labute approximate surface area is 248 Å². The number of hydrogen-bond acceptors (Lipinski definition) is 6. The molecule has 6 atom stereocenters. The van der Waals surface area contributed by atoms with E-state index >= 15 is 0 Å². The number of nitrogens with zero attached hydrogens (tertiary/aromatic N) is 2. The number of anilines is 1. The third-order valence-electron chi connectivity index (χ3n) is 9.67. The van der Waals surface area contributed by atoms with E-state index in [4.69, 9.17) is 16.3 Å². The number of imide groups is 2. The molecule has 0 spiro atoms. The zero-order chi connectivity index (χ0) is 30.5. The molecule has 3 fully saturated rings. The first-order valence-electron chi connectivity index (χ1n) is 14.0. The fraction of sp³-hybridized carbons (Fsp3) is 0.438. The van der Waals surface area contributed by atoms with Gasteiger partial charge in [-0.2, -0.15) is 0 Å². The van der Waals surface area contributed by atoms with E-state index in [1.807, 2.05) is 26.8 Å². The van der Waals surface area contributed by atoms with Crippen LogP contribution in [-0.2, 0) is 19.2 Å². The summed E-state index contributed by atoms with van der Waals surface area (Å²) < 4.78 is 19.4. The topological polar surface area (TPSA) is 104 Å². The minimum Gasteiger partial charge on any atom is -0.504 e. The summed E-state index contributed by atoms with van der Waals surface area (Å²) >= 11 is 6.04. The van der Waals surface area contributed by atoms with E-state index in [1.54, 1.807) is 25.1 Å². The number of aromatic hydroxyl groups is 1. The van der Waals surface area contributed by atoms with Gasteiger partial charge in [0.25, 0.3) is 0 Å². The van der Waals surface area contributed by atoms with E-state index in [-0.39, 0.29) is 40.4 Å². The lowest BCUT2D eigenvalue weighted by Crippen LogP contribution is -2.49. The number of carbonyl (C=O) groups excluding carboxylic acids is 4. The zero-order valence-electron chi connectivity index (χ0n) is 24.0. The first-order valence-corrected chi connectivity index (χ1v) is 14.4. The van der Waals surface area contributed by atoms with Crippen LogP contribution in [0.1, 0.15) is 52.0 Å². The van der Waals surface area contributed by atoms with Gasteiger partial charge in [-0.1, -0.05) is 35.4 Å². The molecule has 42 heavy (non-hydrogen) atoms. The predicted octanol–water partition coefficient (Wildman–Crippen LogP) is 5.22. The molecule has 2 saturated heterocycles. The van der Waals surface area contributed by atoms with Crippen LogP contribution in [0.5, 0.6) is 11.5 Å². The van der Waals surface area contributed by atoms with E-state index in [2.05, 4.69) is 0 Å². The van der Waals surface area contributed by atoms with E-state index in [0.29, 0.717) is 12.0 Å². The van der Waals surface area contributed by atoms with Crippen LogP contribution in [0.4, 0.5) is 10.1 Å². The van der Waals surface area contributed by atoms with Crippen LogP contribution in [0, 0.1) is 34.9 Å². The van der Waals surface area contributed by atoms with E-state index in [1.165, 1.54) is 24.1 Å². The van der Waals surface area contributed by atoms with Crippen LogP contribution >= 0.6 is 11.6 Å². The molecule has 6 rings (SSSR count). The molecule has 220 valence electrons. The van der Waals surface area contributed by atoms with Gasteiger partial charge in [0.2, 0.25) is 23.6 Å². The van der Waals surface area contributed by atoms with Crippen LogP contribution in [-0.4, -0.2) is 46.3 Å². The molecule has 0 bridgehead atoms. The summed E-state index contributed by atoms with van der Waals surface area (Å²) in [7, 11) is 1.42. The number of allylic oxidation sites excluding steroid dienone is 2. The van der Waals surface area contributed by atoms with Crippen molar-refractivity contribution in [3.8, 4) is 11.5 Å². The molecule has 4 amide bonds. The highest BCUT2D eigenvalue weighted by atomic mass is 35.5. The Morgan fingerprint density at radius 2 is 1.76 bits per heavy atom. The Balaban J connectivity index is 1.55. The average Bonchev–Trinajstić information content (AvgIpc) is 3.30. The summed E-state index contributed by atoms with van der Waals surface area (Å²) in [6.45, 7) is 7.15. The maximum Gasteiger partial charge on any atom is 0.241 e. The Morgan fingerprint density at radius 1 is 1.05 bits per heavy atom. The number of rotatable bonds is 3. The van der Waals surface area contributed by atoms with Crippen LogP contribution in [0.25, 0.3) is 0 Å². The molecule has 0 aromatic heterocycles. The second-order valence-corrected chi connectivity index (χ2v) is 13.2. The van der Waals surface area contributed by atoms with Crippen LogP contribution in [0.3, 0.4) is 0 Å². The molecule has 4 aliphatic rings. The van der Waals surface area contributed by atoms with Crippen LogP contribution in [0.2, 0.25) is 5.02 Å². The molecule has 2 aliphatic carbocycles. The van der Waals surface area contributed by atoms with Crippen LogP contribution < -0.4 is 9.64 Å². The molecule has 0 unspecified atom stereocenters. The van der Waals surface area contributed by atoms with Crippen molar-refractivity contribution in [3.05, 3.63) is 64.5 Å². The molecular formula is C32H32ClFN2O6. The standard InChI is InChI=1S/C32H32ClFN2O6/c1-31(2,3)36-27(38)17-11-10-16-19(24(17)29(36)40)14-20-28(39)35(15-9-12-22(34)21(33)13-15)30(41)32(20,4)25(16)18-7-6-8-23(42-5)26(18)37/h6-10,12-13,17,19-20,24-25,37H,11,14H2,1-5H3/t17-,19+,20-,24-,25+,32+/m0/s1. The van der Waals surface area contributed by atoms with Gasteiger partial charge >= 0.3 is 0 Å². The molecular weight excluding hydrogens is 563 g/mol. The van der Waals surface area contributed by atoms with Gasteiger partial charge in [0.15, 0.2) is 11.5 Å². The molecule has 2 heterocycles. The number of likely N-dealkylation sites (tertiary alicyclic amines) is 1. The van der Waals surface area contributed by atoms with E-state index in [9.17, 15) is 28.7 Å². The Kier molecular flexibility index (Phi) is 6.35. The van der Waals surface area contributed by atoms with Crippen molar-refractivity contribution in [2.75, 3.05) is 12.0 Å². The lowest BCUT2D eigenvalue weighted by atomic mass is 9.51. The lowest BCUT2D eigenvalue weighted by Gasteiger charge is -2.49. The number of para-hydroxylation sites is 1. The molecule has 2 aromatic carbocycles. The molecule has 0 radical (unpaired) electrons. The minimum absolute atomic E-state index is 0.140. The number of ether oxygens (including phenoxy) is 1. The number of phenolic OH excluding ortho intramolecular Hbond substituents is 1. The third-order valence-corrected chi connectivity index (χ3v) is 9.96. The zero-order valence-corrected chi connectivity index (χ0v) is 24.7. The van der Waals surface area contributed by atoms with E-state index < -0.39 is 58.2 Å². The second kappa shape index (κ2) is 9.39. The number of phenols is 1. The van der Waals surface area contributed by atoms with Gasteiger partial charge in [0.05, 0.1) is 41.0 Å². The van der Waals surface area contributed by atoms with Crippen molar-refractivity contribution in [1.82, 2.24) is 4.90 Å². The first-order chi connectivity index (χ1) is 19.7. The highest BCUT2D eigenvalue weighted by Gasteiger charge is 2.68. The average molecular weight is 595 g/mol. The molecule has 1 N–H and O–H groups in total. The summed E-state index contributed by atoms with van der Waals surface area (Å²) in [5, 5.41) is 11.1. The summed E-state index contributed by atoms with van der Waals surface area (Å²) in [6, 6.07) is 8.67. The maximum atomic E-state index is 14.4. The largest absolute Gasteiger partial charge is 0.504 e. The summed E-state index contributed by atoms with van der Waals surface area (Å²) in [5.41, 5.74) is -0.818. The lowest BCUT2D eigenvalue weighted by molar-refractivity contribution is -0.145. The van der Waals surface area contributed by atoms with Crippen molar-refractivity contribution < 1.29 is 33.4 Å². The number of methoxy groups -OCH3 is 1. The Bertz CT molecular complexity index is 1600. The quantitative estimate of drug-likeness (QED) is 0.386. The molecule has 2 aromatic rings. The smallest absolute Gasteiger partial charge is 0.241 e. The fourth-order valence-corrected chi connectivity index (χ4v) is 8.00. The van der Waals surface area contributed by atoms with Crippen molar-refractivity contribution in [3.63, 3.8) is 0 Å². The molecule has 1 saturated carbocycles. The SMILES string of the molecule is COc1cccc([C@H]2C3=CC[C@@H]4C(=O)N(C(C)(C)C)C(=O)[C@@H]4[C@@H]3C[C@H]3C(=O)N(c4ccc(F)c(Cl)c4)C(=O)[C@@]23C)c1O. The maximum absolute atomic E-state index is 14.4. The number of amides is 4. The van der Waals surface area contributed by atoms with Gasteiger partial charge in [-0.15, -0.1) is 0 Å². The molecule has 10 heteroatoms. The minimum atomic E-state index is -1.37. The monoisotopic (exact) mass is 594 g/mol. The number of halogens is 2. The first kappa shape index (κ1) is 28.4. The number of hydrogen-bond donors (Lipinski definition) is 1. The van der Waals surface area contributed by atoms with Crippen molar-refractivity contribution in [2.45, 2.75) is 52.0 Å². The Morgan fingerprint density at radius 3 is 2.40 bits per heavy atom. The number of carbonyl (C=O) groups is 4. The predicted molar refractivity (Wildman–Crippen MR) is 152 cm³/mol. The van der Waals surface area contributed by atoms with Gasteiger partial charge in [-0.05, 0) is 70.7 Å². The van der Waals surface area contributed by atoms with Gasteiger partial charge in [-0.25, -0.2) is 9.29 Å². The van der Waals surface area contributed by atoms with Gasteiger partial charge in [0.1, 0.15) is 5.82 Å². The van der Waals surface area contributed by atoms with Gasteiger partial charge in [0, 0.05) is 17.0 Å². The highest BCUT2D eigenvalue weighted by molar-refractivity contribution is 6.31. The van der Waals surface area contributed by atoms with Crippen molar-refractivity contribution in [2.24, 2.45) is 29.1 Å². The summed E-state index contributed by atoms with van der Waals surface area (Å²) in [5.74, 6) is -5.67. The highest BCUT2D eigenvalue weighted by Crippen LogP contribution is 2.65. The number of fused-ring (bicyclic) bond motifs is 4. The van der Waals surface area contributed by atoms with Gasteiger partial charge < -0.3 is 9.84 Å². The van der Waals surface area contributed by atoms with Crippen LogP contribution in [0.15, 0.2) is 48.0 Å². The number of benzene rings is 2. The van der Waals surface area contributed by atoms with Crippen molar-refractivity contribution >= 4 is 40.9 Å². The van der Waals surface area contributed by atoms with Crippen molar-refractivity contribution in [1.29, 1.82) is 0 Å². The normalized spacial score (nSPS) is 30.7. The van der Waals surface area contributed by atoms with Gasteiger partial charge in [-0.3, -0.25) is 24.1 Å². The second-order valence-electron chi connectivity index (χ2n) is 12.8. The molecule has 2 aliphatic heterocycles. The molecule has 8 nitrogen and oxygen atoms in total. The fourth-order valence-electron chi connectivity index (χ4n) is 7.83. The summed E-state index contributed by atoms with van der Waals surface area (Å²) in [4.78, 5) is 58.4. The summed E-state index contributed by atoms with van der Waals surface area (Å²) in [6.07, 6.45) is 2.39.